The van der Waals surface area contributed by atoms with Crippen molar-refractivity contribution in [1.29, 1.82) is 0 Å². The van der Waals surface area contributed by atoms with Crippen LogP contribution in [0, 0.1) is 0 Å². The molecular weight excluding hydrogens is 224 g/mol. The van der Waals surface area contributed by atoms with Crippen molar-refractivity contribution in [3.05, 3.63) is 23.8 Å². The van der Waals surface area contributed by atoms with Gasteiger partial charge in [-0.2, -0.15) is 0 Å². The highest BCUT2D eigenvalue weighted by Gasteiger charge is 2.17. The van der Waals surface area contributed by atoms with Crippen molar-refractivity contribution in [2.75, 3.05) is 13.4 Å². The van der Waals surface area contributed by atoms with Gasteiger partial charge in [-0.05, 0) is 25.1 Å². The van der Waals surface area contributed by atoms with E-state index in [9.17, 15) is 4.79 Å². The van der Waals surface area contributed by atoms with Crippen molar-refractivity contribution in [3.63, 3.8) is 0 Å². The van der Waals surface area contributed by atoms with Crippen molar-refractivity contribution in [2.45, 2.75) is 13.0 Å². The topological polar surface area (TPSA) is 82.8 Å². The van der Waals surface area contributed by atoms with E-state index < -0.39 is 0 Å². The van der Waals surface area contributed by atoms with E-state index in [0.717, 1.165) is 0 Å². The van der Waals surface area contributed by atoms with E-state index in [2.05, 4.69) is 10.2 Å². The molecule has 0 saturated carbocycles. The van der Waals surface area contributed by atoms with Gasteiger partial charge in [0.25, 0.3) is 5.91 Å². The Labute approximate surface area is 98.6 Å². The van der Waals surface area contributed by atoms with Gasteiger partial charge in [0.15, 0.2) is 11.5 Å². The first kappa shape index (κ1) is 11.7. The van der Waals surface area contributed by atoms with Crippen LogP contribution in [0.15, 0.2) is 18.2 Å². The number of nitrogens with one attached hydrogen (secondary N) is 1. The summed E-state index contributed by atoms with van der Waals surface area (Å²) in [4.78, 5) is 16.3. The molecule has 92 valence electrons. The number of amides is 1. The van der Waals surface area contributed by atoms with E-state index in [1.807, 2.05) is 0 Å². The predicted octanol–water partition coefficient (Wildman–Crippen LogP) is 0.424. The molecule has 6 nitrogen and oxygen atoms in total. The Kier molecular flexibility index (Phi) is 3.46. The summed E-state index contributed by atoms with van der Waals surface area (Å²) in [5.41, 5.74) is 0.512. The fourth-order valence-corrected chi connectivity index (χ4v) is 1.53. The van der Waals surface area contributed by atoms with E-state index in [1.54, 1.807) is 25.1 Å². The summed E-state index contributed by atoms with van der Waals surface area (Å²) >= 11 is 0. The second-order valence-electron chi connectivity index (χ2n) is 3.78. The zero-order valence-corrected chi connectivity index (χ0v) is 9.43. The predicted molar refractivity (Wildman–Crippen MR) is 59.6 cm³/mol. The van der Waals surface area contributed by atoms with Gasteiger partial charge in [-0.1, -0.05) is 0 Å². The lowest BCUT2D eigenvalue weighted by molar-refractivity contribution is 0.0857. The molecule has 0 spiro atoms. The maximum absolute atomic E-state index is 11.8. The zero-order valence-electron chi connectivity index (χ0n) is 9.43. The van der Waals surface area contributed by atoms with Gasteiger partial charge in [-0.25, -0.2) is 5.90 Å². The number of hydrogen-bond acceptors (Lipinski definition) is 5. The Morgan fingerprint density at radius 2 is 2.29 bits per heavy atom. The minimum atomic E-state index is -0.201. The summed E-state index contributed by atoms with van der Waals surface area (Å²) in [5.74, 6) is 5.97. The molecule has 0 bridgehead atoms. The third-order valence-electron chi connectivity index (χ3n) is 2.36. The number of ether oxygens (including phenoxy) is 2. The van der Waals surface area contributed by atoms with E-state index in [1.165, 1.54) is 0 Å². The molecule has 1 aliphatic rings. The largest absolute Gasteiger partial charge is 0.454 e. The molecule has 17 heavy (non-hydrogen) atoms. The van der Waals surface area contributed by atoms with Gasteiger partial charge < -0.3 is 19.6 Å². The lowest BCUT2D eigenvalue weighted by Crippen LogP contribution is -2.36. The molecule has 0 radical (unpaired) electrons. The summed E-state index contributed by atoms with van der Waals surface area (Å²) < 4.78 is 10.4. The average molecular weight is 238 g/mol. The maximum atomic E-state index is 11.8. The third-order valence-corrected chi connectivity index (χ3v) is 2.36. The third kappa shape index (κ3) is 2.66. The Hall–Kier alpha value is -1.79. The number of nitrogens with two attached hydrogens (primary N) is 1. The first-order valence-electron chi connectivity index (χ1n) is 5.23. The van der Waals surface area contributed by atoms with E-state index in [4.69, 9.17) is 15.4 Å². The Morgan fingerprint density at radius 3 is 3.06 bits per heavy atom. The van der Waals surface area contributed by atoms with Crippen molar-refractivity contribution in [2.24, 2.45) is 5.90 Å². The fourth-order valence-electron chi connectivity index (χ4n) is 1.53. The first-order chi connectivity index (χ1) is 8.20. The van der Waals surface area contributed by atoms with Crippen LogP contribution in [0.5, 0.6) is 11.5 Å². The number of rotatable bonds is 4. The molecular formula is C11H14N2O4. The van der Waals surface area contributed by atoms with Crippen LogP contribution in [-0.2, 0) is 4.84 Å². The molecule has 0 saturated heterocycles. The Balaban J connectivity index is 2.04. The second-order valence-corrected chi connectivity index (χ2v) is 3.78. The van der Waals surface area contributed by atoms with Crippen LogP contribution >= 0.6 is 0 Å². The molecule has 1 aromatic carbocycles. The highest BCUT2D eigenvalue weighted by molar-refractivity contribution is 5.95. The summed E-state index contributed by atoms with van der Waals surface area (Å²) in [6.07, 6.45) is 0. The minimum Gasteiger partial charge on any atom is -0.454 e. The molecule has 0 aliphatic carbocycles. The van der Waals surface area contributed by atoms with Gasteiger partial charge in [0.05, 0.1) is 12.6 Å². The summed E-state index contributed by atoms with van der Waals surface area (Å²) in [6, 6.07) is 4.88. The van der Waals surface area contributed by atoms with Crippen molar-refractivity contribution < 1.29 is 19.1 Å². The molecule has 0 aromatic heterocycles. The van der Waals surface area contributed by atoms with Crippen LogP contribution in [0.3, 0.4) is 0 Å². The minimum absolute atomic E-state index is 0.155. The van der Waals surface area contributed by atoms with Crippen LogP contribution in [-0.4, -0.2) is 25.3 Å². The molecule has 1 atom stereocenters. The average Bonchev–Trinajstić information content (AvgIpc) is 2.75. The molecule has 1 aromatic rings. The monoisotopic (exact) mass is 238 g/mol. The number of benzene rings is 1. The molecule has 1 heterocycles. The van der Waals surface area contributed by atoms with Gasteiger partial charge in [-0.15, -0.1) is 0 Å². The summed E-state index contributed by atoms with van der Waals surface area (Å²) in [6.45, 7) is 2.26. The number of carbonyl (C=O) groups is 1. The smallest absolute Gasteiger partial charge is 0.251 e. The van der Waals surface area contributed by atoms with Crippen LogP contribution in [0.2, 0.25) is 0 Å². The quantitative estimate of drug-likeness (QED) is 0.743. The van der Waals surface area contributed by atoms with Crippen LogP contribution in [0.25, 0.3) is 0 Å². The van der Waals surface area contributed by atoms with Gasteiger partial charge >= 0.3 is 0 Å². The lowest BCUT2D eigenvalue weighted by atomic mass is 10.2. The fraction of sp³-hybridized carbons (Fsp3) is 0.364. The summed E-state index contributed by atoms with van der Waals surface area (Å²) in [7, 11) is 0. The maximum Gasteiger partial charge on any atom is 0.251 e. The van der Waals surface area contributed by atoms with Gasteiger partial charge in [0.1, 0.15) is 0 Å². The second kappa shape index (κ2) is 5.03. The number of fused-ring (bicyclic) bond motifs is 1. The zero-order chi connectivity index (χ0) is 12.3. The van der Waals surface area contributed by atoms with E-state index in [0.29, 0.717) is 17.1 Å². The molecule has 6 heteroatoms. The summed E-state index contributed by atoms with van der Waals surface area (Å²) in [5, 5.41) is 2.75. The molecule has 0 fully saturated rings. The van der Waals surface area contributed by atoms with E-state index in [-0.39, 0.29) is 25.3 Å². The molecule has 2 rings (SSSR count). The molecule has 3 N–H and O–H groups in total. The number of carbonyl (C=O) groups excluding carboxylic acids is 1. The van der Waals surface area contributed by atoms with Crippen LogP contribution in [0.1, 0.15) is 17.3 Å². The van der Waals surface area contributed by atoms with Gasteiger partial charge in [-0.3, -0.25) is 4.79 Å². The molecule has 1 unspecified atom stereocenters. The van der Waals surface area contributed by atoms with Gasteiger partial charge in [0.2, 0.25) is 6.79 Å². The van der Waals surface area contributed by atoms with Crippen molar-refractivity contribution in [1.82, 2.24) is 5.32 Å². The van der Waals surface area contributed by atoms with E-state index >= 15 is 0 Å². The lowest BCUT2D eigenvalue weighted by Gasteiger charge is -2.12. The molecule has 1 amide bonds. The molecule has 1 aliphatic heterocycles. The highest BCUT2D eigenvalue weighted by Crippen LogP contribution is 2.32. The highest BCUT2D eigenvalue weighted by atomic mass is 16.7. The Morgan fingerprint density at radius 1 is 1.53 bits per heavy atom. The number of hydrogen-bond donors (Lipinski definition) is 2. The normalized spacial score (nSPS) is 14.5. The first-order valence-corrected chi connectivity index (χ1v) is 5.23. The van der Waals surface area contributed by atoms with Gasteiger partial charge in [0, 0.05) is 5.56 Å². The van der Waals surface area contributed by atoms with Crippen molar-refractivity contribution >= 4 is 5.91 Å². The standard InChI is InChI=1S/C11H14N2O4/c1-7(5-17-12)13-11(14)8-2-3-9-10(4-8)16-6-15-9/h2-4,7H,5-6,12H2,1H3,(H,13,14). The Bertz CT molecular complexity index is 422. The van der Waals surface area contributed by atoms with Crippen molar-refractivity contribution in [3.8, 4) is 11.5 Å². The van der Waals surface area contributed by atoms with Crippen LogP contribution < -0.4 is 20.7 Å². The van der Waals surface area contributed by atoms with Crippen LogP contribution in [0.4, 0.5) is 0 Å². The SMILES string of the molecule is CC(CON)NC(=O)c1ccc2c(c1)OCO2.